The van der Waals surface area contributed by atoms with Gasteiger partial charge in [-0.2, -0.15) is 0 Å². The van der Waals surface area contributed by atoms with Crippen molar-refractivity contribution in [2.45, 2.75) is 6.92 Å². The zero-order valence-electron chi connectivity index (χ0n) is 10.6. The second-order valence-electron chi connectivity index (χ2n) is 3.99. The van der Waals surface area contributed by atoms with Crippen LogP contribution in [0.15, 0.2) is 29.6 Å². The van der Waals surface area contributed by atoms with E-state index < -0.39 is 11.9 Å². The number of rotatable bonds is 5. The van der Waals surface area contributed by atoms with Gasteiger partial charge in [0, 0.05) is 5.38 Å². The van der Waals surface area contributed by atoms with Crippen LogP contribution in [0.1, 0.15) is 16.1 Å². The molecule has 1 heterocycles. The summed E-state index contributed by atoms with van der Waals surface area (Å²) in [5, 5.41) is 12.8. The Balaban J connectivity index is 1.85. The number of benzene rings is 1. The Morgan fingerprint density at radius 2 is 2.05 bits per heavy atom. The average molecular weight is 292 g/mol. The number of anilines is 1. The second-order valence-corrected chi connectivity index (χ2v) is 4.85. The molecule has 1 amide bonds. The summed E-state index contributed by atoms with van der Waals surface area (Å²) >= 11 is 1.05. The first-order valence-corrected chi connectivity index (χ1v) is 6.60. The number of carbonyl (C=O) groups excluding carboxylic acids is 1. The molecule has 0 bridgehead atoms. The number of aromatic carboxylic acids is 1. The van der Waals surface area contributed by atoms with E-state index in [2.05, 4.69) is 10.3 Å². The Hall–Kier alpha value is -2.41. The topological polar surface area (TPSA) is 88.5 Å². The fourth-order valence-corrected chi connectivity index (χ4v) is 2.07. The molecule has 0 unspecified atom stereocenters. The number of aryl methyl sites for hydroxylation is 1. The summed E-state index contributed by atoms with van der Waals surface area (Å²) < 4.78 is 5.30. The highest BCUT2D eigenvalue weighted by molar-refractivity contribution is 7.14. The fraction of sp³-hybridized carbons (Fsp3) is 0.154. The minimum atomic E-state index is -1.13. The van der Waals surface area contributed by atoms with E-state index in [0.29, 0.717) is 5.75 Å². The molecule has 0 aliphatic carbocycles. The molecule has 0 fully saturated rings. The van der Waals surface area contributed by atoms with Crippen molar-refractivity contribution >= 4 is 28.3 Å². The number of carbonyl (C=O) groups is 2. The largest absolute Gasteiger partial charge is 0.484 e. The van der Waals surface area contributed by atoms with Crippen molar-refractivity contribution in [1.29, 1.82) is 0 Å². The normalized spacial score (nSPS) is 10.1. The Bertz CT molecular complexity index is 622. The standard InChI is InChI=1S/C13H12N2O4S/c1-8-2-4-9(5-3-8)19-6-11(16)15-13-14-10(7-20-13)12(17)18/h2-5,7H,6H2,1H3,(H,17,18)(H,14,15,16). The molecule has 0 radical (unpaired) electrons. The van der Waals surface area contributed by atoms with Gasteiger partial charge in [-0.3, -0.25) is 10.1 Å². The molecule has 0 saturated carbocycles. The molecule has 1 aromatic heterocycles. The number of amides is 1. The molecule has 0 saturated heterocycles. The lowest BCUT2D eigenvalue weighted by Gasteiger charge is -2.05. The van der Waals surface area contributed by atoms with E-state index >= 15 is 0 Å². The number of nitrogens with one attached hydrogen (secondary N) is 1. The lowest BCUT2D eigenvalue weighted by molar-refractivity contribution is -0.118. The highest BCUT2D eigenvalue weighted by Gasteiger charge is 2.11. The third-order valence-corrected chi connectivity index (χ3v) is 3.12. The second kappa shape index (κ2) is 6.16. The van der Waals surface area contributed by atoms with Crippen LogP contribution in [0, 0.1) is 6.92 Å². The third-order valence-electron chi connectivity index (χ3n) is 2.36. The summed E-state index contributed by atoms with van der Waals surface area (Å²) in [4.78, 5) is 26.0. The van der Waals surface area contributed by atoms with Crippen molar-refractivity contribution in [2.24, 2.45) is 0 Å². The van der Waals surface area contributed by atoms with Gasteiger partial charge in [0.05, 0.1) is 0 Å². The van der Waals surface area contributed by atoms with Gasteiger partial charge in [-0.1, -0.05) is 17.7 Å². The summed E-state index contributed by atoms with van der Waals surface area (Å²) in [6.07, 6.45) is 0. The summed E-state index contributed by atoms with van der Waals surface area (Å²) in [5.74, 6) is -0.925. The molecule has 0 aliphatic heterocycles. The first kappa shape index (κ1) is 14.0. The van der Waals surface area contributed by atoms with E-state index in [-0.39, 0.29) is 17.4 Å². The molecule has 20 heavy (non-hydrogen) atoms. The SMILES string of the molecule is Cc1ccc(OCC(=O)Nc2nc(C(=O)O)cs2)cc1. The molecule has 0 aliphatic rings. The number of carboxylic acid groups (broad SMARTS) is 1. The molecule has 0 spiro atoms. The van der Waals surface area contributed by atoms with Crippen LogP contribution in [-0.2, 0) is 4.79 Å². The van der Waals surface area contributed by atoms with E-state index in [4.69, 9.17) is 9.84 Å². The minimum Gasteiger partial charge on any atom is -0.484 e. The predicted octanol–water partition coefficient (Wildman–Crippen LogP) is 2.17. The average Bonchev–Trinajstić information content (AvgIpc) is 2.87. The van der Waals surface area contributed by atoms with Crippen molar-refractivity contribution < 1.29 is 19.4 Å². The highest BCUT2D eigenvalue weighted by Crippen LogP contribution is 2.15. The fourth-order valence-electron chi connectivity index (χ4n) is 1.37. The van der Waals surface area contributed by atoms with Gasteiger partial charge in [-0.15, -0.1) is 11.3 Å². The number of nitrogens with zero attached hydrogens (tertiary/aromatic N) is 1. The smallest absolute Gasteiger partial charge is 0.355 e. The van der Waals surface area contributed by atoms with Gasteiger partial charge in [0.1, 0.15) is 5.75 Å². The molecule has 2 aromatic rings. The van der Waals surface area contributed by atoms with E-state index in [1.165, 1.54) is 5.38 Å². The number of ether oxygens (including phenoxy) is 1. The summed E-state index contributed by atoms with van der Waals surface area (Å²) in [7, 11) is 0. The molecular weight excluding hydrogens is 280 g/mol. The summed E-state index contributed by atoms with van der Waals surface area (Å²) in [6.45, 7) is 1.80. The van der Waals surface area contributed by atoms with Crippen LogP contribution in [0.2, 0.25) is 0 Å². The molecule has 2 rings (SSSR count). The molecule has 104 valence electrons. The molecule has 2 N–H and O–H groups in total. The lowest BCUT2D eigenvalue weighted by atomic mass is 10.2. The Kier molecular flexibility index (Phi) is 4.31. The van der Waals surface area contributed by atoms with Gasteiger partial charge >= 0.3 is 5.97 Å². The number of hydrogen-bond acceptors (Lipinski definition) is 5. The van der Waals surface area contributed by atoms with Crippen LogP contribution < -0.4 is 10.1 Å². The van der Waals surface area contributed by atoms with Gasteiger partial charge < -0.3 is 9.84 Å². The van der Waals surface area contributed by atoms with Gasteiger partial charge in [-0.25, -0.2) is 9.78 Å². The number of aromatic nitrogens is 1. The number of carboxylic acids is 1. The van der Waals surface area contributed by atoms with Crippen LogP contribution in [0.3, 0.4) is 0 Å². The maximum atomic E-state index is 11.6. The van der Waals surface area contributed by atoms with Crippen molar-refractivity contribution in [1.82, 2.24) is 4.98 Å². The minimum absolute atomic E-state index is 0.0928. The van der Waals surface area contributed by atoms with Crippen molar-refractivity contribution in [2.75, 3.05) is 11.9 Å². The molecule has 1 aromatic carbocycles. The predicted molar refractivity (Wildman–Crippen MR) is 74.4 cm³/mol. The van der Waals surface area contributed by atoms with Gasteiger partial charge in [-0.05, 0) is 19.1 Å². The monoisotopic (exact) mass is 292 g/mol. The van der Waals surface area contributed by atoms with Crippen LogP contribution in [-0.4, -0.2) is 28.6 Å². The number of hydrogen-bond donors (Lipinski definition) is 2. The van der Waals surface area contributed by atoms with E-state index in [0.717, 1.165) is 16.9 Å². The van der Waals surface area contributed by atoms with E-state index in [1.807, 2.05) is 19.1 Å². The Morgan fingerprint density at radius 1 is 1.35 bits per heavy atom. The van der Waals surface area contributed by atoms with Crippen molar-refractivity contribution in [3.63, 3.8) is 0 Å². The third kappa shape index (κ3) is 3.79. The van der Waals surface area contributed by atoms with Crippen LogP contribution in [0.5, 0.6) is 5.75 Å². The number of thiazole rings is 1. The van der Waals surface area contributed by atoms with Crippen molar-refractivity contribution in [3.8, 4) is 5.75 Å². The Labute approximate surface area is 119 Å². The molecule has 7 heteroatoms. The lowest BCUT2D eigenvalue weighted by Crippen LogP contribution is -2.20. The molecule has 0 atom stereocenters. The zero-order chi connectivity index (χ0) is 14.5. The van der Waals surface area contributed by atoms with Crippen LogP contribution in [0.25, 0.3) is 0 Å². The van der Waals surface area contributed by atoms with Crippen LogP contribution >= 0.6 is 11.3 Å². The zero-order valence-corrected chi connectivity index (χ0v) is 11.4. The quantitative estimate of drug-likeness (QED) is 0.881. The Morgan fingerprint density at radius 3 is 2.65 bits per heavy atom. The maximum absolute atomic E-state index is 11.6. The van der Waals surface area contributed by atoms with Gasteiger partial charge in [0.2, 0.25) is 0 Å². The maximum Gasteiger partial charge on any atom is 0.355 e. The summed E-state index contributed by atoms with van der Waals surface area (Å²) in [5.41, 5.74) is 1.01. The highest BCUT2D eigenvalue weighted by atomic mass is 32.1. The van der Waals surface area contributed by atoms with Gasteiger partial charge in [0.15, 0.2) is 17.4 Å². The molecular formula is C13H12N2O4S. The molecule has 6 nitrogen and oxygen atoms in total. The van der Waals surface area contributed by atoms with Gasteiger partial charge in [0.25, 0.3) is 5.91 Å². The van der Waals surface area contributed by atoms with Crippen molar-refractivity contribution in [3.05, 3.63) is 40.9 Å². The first-order chi connectivity index (χ1) is 9.54. The summed E-state index contributed by atoms with van der Waals surface area (Å²) in [6, 6.07) is 7.31. The van der Waals surface area contributed by atoms with E-state index in [9.17, 15) is 9.59 Å². The van der Waals surface area contributed by atoms with E-state index in [1.54, 1.807) is 12.1 Å². The first-order valence-electron chi connectivity index (χ1n) is 5.73. The van der Waals surface area contributed by atoms with Crippen LogP contribution in [0.4, 0.5) is 5.13 Å².